The third-order valence-electron chi connectivity index (χ3n) is 7.65. The Kier molecular flexibility index (Phi) is 7.01. The molecule has 0 aromatic heterocycles. The Balaban J connectivity index is 1.25. The summed E-state index contributed by atoms with van der Waals surface area (Å²) in [4.78, 5) is 27.9. The van der Waals surface area contributed by atoms with Gasteiger partial charge in [-0.3, -0.25) is 4.79 Å². The van der Waals surface area contributed by atoms with Crippen molar-refractivity contribution in [2.24, 2.45) is 0 Å². The van der Waals surface area contributed by atoms with E-state index in [1.165, 1.54) is 12.0 Å². The van der Waals surface area contributed by atoms with Gasteiger partial charge in [0, 0.05) is 30.9 Å². The lowest BCUT2D eigenvalue weighted by Gasteiger charge is -2.33. The molecule has 1 atom stereocenters. The summed E-state index contributed by atoms with van der Waals surface area (Å²) >= 11 is 0. The van der Waals surface area contributed by atoms with Gasteiger partial charge in [0.25, 0.3) is 5.91 Å². The molecular formula is C28H32N4O3. The number of nitrogens with zero attached hydrogens (tertiary/aromatic N) is 2. The molecule has 2 aliphatic heterocycles. The summed E-state index contributed by atoms with van der Waals surface area (Å²) in [7, 11) is 0. The number of anilines is 1. The van der Waals surface area contributed by atoms with Crippen LogP contribution in [0.15, 0.2) is 42.5 Å². The smallest absolute Gasteiger partial charge is 0.319 e. The van der Waals surface area contributed by atoms with Crippen molar-refractivity contribution in [1.29, 1.82) is 5.26 Å². The zero-order valence-electron chi connectivity index (χ0n) is 20.0. The Labute approximate surface area is 206 Å². The molecule has 182 valence electrons. The summed E-state index contributed by atoms with van der Waals surface area (Å²) in [5.74, 6) is 0.844. The van der Waals surface area contributed by atoms with Crippen molar-refractivity contribution in [3.63, 3.8) is 0 Å². The van der Waals surface area contributed by atoms with Crippen molar-refractivity contribution in [2.75, 3.05) is 31.6 Å². The lowest BCUT2D eigenvalue weighted by molar-refractivity contribution is 0.0713. The molecule has 0 spiro atoms. The van der Waals surface area contributed by atoms with Crippen molar-refractivity contribution in [1.82, 2.24) is 10.2 Å². The molecule has 2 N–H and O–H groups in total. The molecule has 1 aliphatic carbocycles. The van der Waals surface area contributed by atoms with E-state index in [0.717, 1.165) is 43.4 Å². The minimum absolute atomic E-state index is 0.0103. The van der Waals surface area contributed by atoms with Crippen molar-refractivity contribution < 1.29 is 14.3 Å². The van der Waals surface area contributed by atoms with Gasteiger partial charge in [0.1, 0.15) is 0 Å². The van der Waals surface area contributed by atoms with Crippen molar-refractivity contribution in [2.45, 2.75) is 56.4 Å². The van der Waals surface area contributed by atoms with Gasteiger partial charge in [-0.05, 0) is 79.3 Å². The second-order valence-corrected chi connectivity index (χ2v) is 9.89. The molecule has 0 radical (unpaired) electrons. The molecule has 5 rings (SSSR count). The number of benzene rings is 2. The number of piperidine rings is 1. The first-order chi connectivity index (χ1) is 17.1. The Hall–Kier alpha value is -3.37. The number of amides is 3. The topological polar surface area (TPSA) is 94.5 Å². The highest BCUT2D eigenvalue weighted by Crippen LogP contribution is 2.40. The molecule has 35 heavy (non-hydrogen) atoms. The number of hydrogen-bond acceptors (Lipinski definition) is 4. The van der Waals surface area contributed by atoms with Crippen LogP contribution in [0.2, 0.25) is 0 Å². The molecule has 3 fully saturated rings. The van der Waals surface area contributed by atoms with Crippen LogP contribution in [0.25, 0.3) is 0 Å². The molecule has 2 aromatic carbocycles. The number of ether oxygens (including phenoxy) is 1. The summed E-state index contributed by atoms with van der Waals surface area (Å²) in [5.41, 5.74) is 4.37. The van der Waals surface area contributed by atoms with E-state index in [1.807, 2.05) is 47.4 Å². The van der Waals surface area contributed by atoms with Crippen LogP contribution < -0.4 is 10.6 Å². The quantitative estimate of drug-likeness (QED) is 0.656. The lowest BCUT2D eigenvalue weighted by atomic mass is 9.79. The third-order valence-corrected chi connectivity index (χ3v) is 7.65. The molecule has 0 unspecified atom stereocenters. The van der Waals surface area contributed by atoms with E-state index >= 15 is 0 Å². The van der Waals surface area contributed by atoms with Crippen molar-refractivity contribution in [3.05, 3.63) is 64.7 Å². The van der Waals surface area contributed by atoms with E-state index in [0.29, 0.717) is 49.3 Å². The standard InChI is InChI=1S/C28H32N4O3/c29-17-19-4-6-20(7-5-19)21-10-13-32(14-11-21)27(33)23-8-9-25(22-2-1-3-22)26(16-23)31-28(34)30-24-12-15-35-18-24/h4-9,16,21-22,24H,1-3,10-15,18H2,(H2,30,31,34)/t24-/m1/s1. The molecule has 2 saturated heterocycles. The average Bonchev–Trinajstić information content (AvgIpc) is 3.36. The molecule has 3 amide bonds. The summed E-state index contributed by atoms with van der Waals surface area (Å²) < 4.78 is 5.36. The number of urea groups is 1. The zero-order chi connectivity index (χ0) is 24.2. The Bertz CT molecular complexity index is 1110. The van der Waals surface area contributed by atoms with Crippen LogP contribution in [-0.4, -0.2) is 49.2 Å². The maximum Gasteiger partial charge on any atom is 0.319 e. The highest BCUT2D eigenvalue weighted by Gasteiger charge is 2.28. The number of nitriles is 1. The van der Waals surface area contributed by atoms with Gasteiger partial charge in [-0.2, -0.15) is 5.26 Å². The van der Waals surface area contributed by atoms with Gasteiger partial charge >= 0.3 is 6.03 Å². The molecule has 2 heterocycles. The predicted molar refractivity (Wildman–Crippen MR) is 133 cm³/mol. The van der Waals surface area contributed by atoms with Gasteiger partial charge in [-0.1, -0.05) is 24.6 Å². The van der Waals surface area contributed by atoms with Gasteiger partial charge < -0.3 is 20.3 Å². The highest BCUT2D eigenvalue weighted by molar-refractivity contribution is 5.97. The Morgan fingerprint density at radius 2 is 1.74 bits per heavy atom. The number of carbonyl (C=O) groups is 2. The summed E-state index contributed by atoms with van der Waals surface area (Å²) in [5, 5.41) is 15.0. The monoisotopic (exact) mass is 472 g/mol. The largest absolute Gasteiger partial charge is 0.379 e. The molecule has 3 aliphatic rings. The van der Waals surface area contributed by atoms with Crippen LogP contribution in [0, 0.1) is 11.3 Å². The zero-order valence-corrected chi connectivity index (χ0v) is 20.0. The van der Waals surface area contributed by atoms with Crippen LogP contribution >= 0.6 is 0 Å². The fraction of sp³-hybridized carbons (Fsp3) is 0.464. The van der Waals surface area contributed by atoms with E-state index < -0.39 is 0 Å². The molecule has 0 bridgehead atoms. The Morgan fingerprint density at radius 3 is 2.37 bits per heavy atom. The van der Waals surface area contributed by atoms with E-state index in [-0.39, 0.29) is 18.0 Å². The predicted octanol–water partition coefficient (Wildman–Crippen LogP) is 4.76. The summed E-state index contributed by atoms with van der Waals surface area (Å²) in [6.07, 6.45) is 6.04. The fourth-order valence-corrected chi connectivity index (χ4v) is 5.29. The number of carbonyl (C=O) groups excluding carboxylic acids is 2. The number of likely N-dealkylation sites (tertiary alicyclic amines) is 1. The van der Waals surface area contributed by atoms with Gasteiger partial charge in [0.15, 0.2) is 0 Å². The second-order valence-electron chi connectivity index (χ2n) is 9.89. The van der Waals surface area contributed by atoms with E-state index in [1.54, 1.807) is 0 Å². The minimum atomic E-state index is -0.242. The number of hydrogen-bond donors (Lipinski definition) is 2. The maximum atomic E-state index is 13.4. The van der Waals surface area contributed by atoms with Crippen molar-refractivity contribution in [3.8, 4) is 6.07 Å². The summed E-state index contributed by atoms with van der Waals surface area (Å²) in [6, 6.07) is 15.5. The van der Waals surface area contributed by atoms with Crippen LogP contribution in [0.4, 0.5) is 10.5 Å². The first-order valence-corrected chi connectivity index (χ1v) is 12.7. The minimum Gasteiger partial charge on any atom is -0.379 e. The first-order valence-electron chi connectivity index (χ1n) is 12.7. The number of rotatable bonds is 5. The lowest BCUT2D eigenvalue weighted by Crippen LogP contribution is -2.39. The van der Waals surface area contributed by atoms with Gasteiger partial charge in [0.05, 0.1) is 24.3 Å². The molecular weight excluding hydrogens is 440 g/mol. The number of nitrogens with one attached hydrogen (secondary N) is 2. The highest BCUT2D eigenvalue weighted by atomic mass is 16.5. The van der Waals surface area contributed by atoms with E-state index in [2.05, 4.69) is 16.7 Å². The van der Waals surface area contributed by atoms with Crippen LogP contribution in [-0.2, 0) is 4.74 Å². The van der Waals surface area contributed by atoms with Crippen LogP contribution in [0.1, 0.15) is 77.4 Å². The second kappa shape index (κ2) is 10.5. The van der Waals surface area contributed by atoms with Gasteiger partial charge in [0.2, 0.25) is 0 Å². The summed E-state index contributed by atoms with van der Waals surface area (Å²) in [6.45, 7) is 2.60. The first kappa shape index (κ1) is 23.4. The van der Waals surface area contributed by atoms with Gasteiger partial charge in [-0.25, -0.2) is 4.79 Å². The SMILES string of the molecule is N#Cc1ccc(C2CCN(C(=O)c3ccc(C4CCC4)c(NC(=O)N[C@@H]4CCOC4)c3)CC2)cc1. The maximum absolute atomic E-state index is 13.4. The average molecular weight is 473 g/mol. The third kappa shape index (κ3) is 5.33. The van der Waals surface area contributed by atoms with Crippen molar-refractivity contribution >= 4 is 17.6 Å². The normalized spacial score (nSPS) is 20.7. The van der Waals surface area contributed by atoms with E-state index in [9.17, 15) is 9.59 Å². The van der Waals surface area contributed by atoms with Gasteiger partial charge in [-0.15, -0.1) is 0 Å². The Morgan fingerprint density at radius 1 is 0.971 bits per heavy atom. The van der Waals surface area contributed by atoms with E-state index in [4.69, 9.17) is 10.00 Å². The molecule has 1 saturated carbocycles. The van der Waals surface area contributed by atoms with Crippen LogP contribution in [0.3, 0.4) is 0 Å². The molecule has 2 aromatic rings. The molecule has 7 heteroatoms. The fourth-order valence-electron chi connectivity index (χ4n) is 5.29. The molecule has 7 nitrogen and oxygen atoms in total. The van der Waals surface area contributed by atoms with Crippen LogP contribution in [0.5, 0.6) is 0 Å².